The maximum atomic E-state index is 12.2. The highest BCUT2D eigenvalue weighted by molar-refractivity contribution is 5.94. The summed E-state index contributed by atoms with van der Waals surface area (Å²) in [6.45, 7) is 5.21. The zero-order valence-corrected chi connectivity index (χ0v) is 10.5. The van der Waals surface area contributed by atoms with Crippen LogP contribution in [0.3, 0.4) is 0 Å². The Morgan fingerprint density at radius 1 is 1.06 bits per heavy atom. The minimum atomic E-state index is 0.0711. The summed E-state index contributed by atoms with van der Waals surface area (Å²) in [5.41, 5.74) is 0.738. The summed E-state index contributed by atoms with van der Waals surface area (Å²) in [5, 5.41) is 0. The number of carbonyl (C=O) groups excluding carboxylic acids is 1. The fraction of sp³-hybridized carbons (Fsp3) is 0.267. The van der Waals surface area contributed by atoms with E-state index >= 15 is 0 Å². The second-order valence-electron chi connectivity index (χ2n) is 3.71. The molecular formula is C15H19NO. The van der Waals surface area contributed by atoms with Crippen LogP contribution < -0.4 is 0 Å². The quantitative estimate of drug-likeness (QED) is 0.709. The van der Waals surface area contributed by atoms with Gasteiger partial charge in [0.15, 0.2) is 0 Å². The first-order valence-corrected chi connectivity index (χ1v) is 5.86. The molecule has 1 aromatic carbocycles. The smallest absolute Gasteiger partial charge is 0.254 e. The van der Waals surface area contributed by atoms with Gasteiger partial charge in [0, 0.05) is 18.7 Å². The number of hydrogen-bond donors (Lipinski definition) is 0. The molecule has 1 amide bonds. The minimum Gasteiger partial charge on any atom is -0.331 e. The van der Waals surface area contributed by atoms with Crippen LogP contribution in [0.25, 0.3) is 0 Å². The van der Waals surface area contributed by atoms with Crippen molar-refractivity contribution in [2.45, 2.75) is 13.8 Å². The van der Waals surface area contributed by atoms with Crippen molar-refractivity contribution >= 4 is 5.91 Å². The summed E-state index contributed by atoms with van der Waals surface area (Å²) < 4.78 is 0. The SMILES string of the molecule is C/C=C/CN(C/C=C/C)C(=O)c1ccccc1. The number of nitrogens with zero attached hydrogens (tertiary/aromatic N) is 1. The van der Waals surface area contributed by atoms with Gasteiger partial charge in [0.25, 0.3) is 5.91 Å². The van der Waals surface area contributed by atoms with Crippen LogP contribution in [-0.4, -0.2) is 23.9 Å². The standard InChI is InChI=1S/C15H19NO/c1-3-5-12-16(13-6-4-2)15(17)14-10-8-7-9-11-14/h3-11H,12-13H2,1-2H3/b5-3+,6-4+. The molecule has 90 valence electrons. The maximum absolute atomic E-state index is 12.2. The third-order valence-corrected chi connectivity index (χ3v) is 2.43. The van der Waals surface area contributed by atoms with Crippen LogP contribution in [-0.2, 0) is 0 Å². The number of carbonyl (C=O) groups is 1. The zero-order valence-electron chi connectivity index (χ0n) is 10.5. The number of benzene rings is 1. The molecule has 0 radical (unpaired) electrons. The summed E-state index contributed by atoms with van der Waals surface area (Å²) >= 11 is 0. The molecule has 0 bridgehead atoms. The highest BCUT2D eigenvalue weighted by Gasteiger charge is 2.12. The summed E-state index contributed by atoms with van der Waals surface area (Å²) in [6.07, 6.45) is 7.90. The summed E-state index contributed by atoms with van der Waals surface area (Å²) in [6, 6.07) is 9.38. The number of amides is 1. The van der Waals surface area contributed by atoms with Crippen molar-refractivity contribution in [3.05, 3.63) is 60.2 Å². The lowest BCUT2D eigenvalue weighted by atomic mass is 10.2. The molecule has 0 unspecified atom stereocenters. The lowest BCUT2D eigenvalue weighted by Crippen LogP contribution is -2.31. The van der Waals surface area contributed by atoms with Crippen LogP contribution in [0.2, 0.25) is 0 Å². The van der Waals surface area contributed by atoms with Crippen molar-refractivity contribution in [3.63, 3.8) is 0 Å². The van der Waals surface area contributed by atoms with E-state index in [0.717, 1.165) is 5.56 Å². The Balaban J connectivity index is 2.78. The molecule has 0 atom stereocenters. The molecule has 17 heavy (non-hydrogen) atoms. The van der Waals surface area contributed by atoms with Crippen LogP contribution >= 0.6 is 0 Å². The van der Waals surface area contributed by atoms with Gasteiger partial charge in [-0.15, -0.1) is 0 Å². The van der Waals surface area contributed by atoms with Gasteiger partial charge in [0.1, 0.15) is 0 Å². The van der Waals surface area contributed by atoms with Crippen molar-refractivity contribution in [1.29, 1.82) is 0 Å². The average molecular weight is 229 g/mol. The van der Waals surface area contributed by atoms with Crippen LogP contribution in [0.5, 0.6) is 0 Å². The molecule has 0 aliphatic rings. The highest BCUT2D eigenvalue weighted by atomic mass is 16.2. The van der Waals surface area contributed by atoms with Gasteiger partial charge in [-0.1, -0.05) is 42.5 Å². The van der Waals surface area contributed by atoms with E-state index in [-0.39, 0.29) is 5.91 Å². The van der Waals surface area contributed by atoms with Crippen LogP contribution in [0.15, 0.2) is 54.6 Å². The van der Waals surface area contributed by atoms with Crippen molar-refractivity contribution in [1.82, 2.24) is 4.90 Å². The van der Waals surface area contributed by atoms with E-state index in [1.807, 2.05) is 73.4 Å². The first-order valence-electron chi connectivity index (χ1n) is 5.86. The molecule has 1 aromatic rings. The lowest BCUT2D eigenvalue weighted by Gasteiger charge is -2.19. The molecule has 1 rings (SSSR count). The van der Waals surface area contributed by atoms with Gasteiger partial charge in [-0.3, -0.25) is 4.79 Å². The Kier molecular flexibility index (Phi) is 5.80. The molecule has 0 aliphatic heterocycles. The fourth-order valence-corrected chi connectivity index (χ4v) is 1.47. The monoisotopic (exact) mass is 229 g/mol. The first kappa shape index (κ1) is 13.2. The number of rotatable bonds is 5. The van der Waals surface area contributed by atoms with E-state index in [1.54, 1.807) is 0 Å². The van der Waals surface area contributed by atoms with Crippen LogP contribution in [0.1, 0.15) is 24.2 Å². The second-order valence-corrected chi connectivity index (χ2v) is 3.71. The fourth-order valence-electron chi connectivity index (χ4n) is 1.47. The first-order chi connectivity index (χ1) is 8.29. The third-order valence-electron chi connectivity index (χ3n) is 2.43. The van der Waals surface area contributed by atoms with E-state index in [0.29, 0.717) is 13.1 Å². The van der Waals surface area contributed by atoms with Gasteiger partial charge < -0.3 is 4.90 Å². The normalized spacial score (nSPS) is 11.2. The van der Waals surface area contributed by atoms with Gasteiger partial charge in [-0.25, -0.2) is 0 Å². The maximum Gasteiger partial charge on any atom is 0.254 e. The number of hydrogen-bond acceptors (Lipinski definition) is 1. The minimum absolute atomic E-state index is 0.0711. The molecule has 0 heterocycles. The van der Waals surface area contributed by atoms with Gasteiger partial charge in [-0.2, -0.15) is 0 Å². The molecular weight excluding hydrogens is 210 g/mol. The van der Waals surface area contributed by atoms with Gasteiger partial charge in [-0.05, 0) is 26.0 Å². The average Bonchev–Trinajstić information content (AvgIpc) is 2.39. The Morgan fingerprint density at radius 2 is 1.59 bits per heavy atom. The van der Waals surface area contributed by atoms with Crippen LogP contribution in [0, 0.1) is 0 Å². The summed E-state index contributed by atoms with van der Waals surface area (Å²) in [5.74, 6) is 0.0711. The highest BCUT2D eigenvalue weighted by Crippen LogP contribution is 2.05. The second kappa shape index (κ2) is 7.44. The Morgan fingerprint density at radius 3 is 2.06 bits per heavy atom. The van der Waals surface area contributed by atoms with E-state index in [4.69, 9.17) is 0 Å². The van der Waals surface area contributed by atoms with Crippen molar-refractivity contribution in [2.24, 2.45) is 0 Å². The van der Waals surface area contributed by atoms with Crippen molar-refractivity contribution in [3.8, 4) is 0 Å². The van der Waals surface area contributed by atoms with Crippen LogP contribution in [0.4, 0.5) is 0 Å². The van der Waals surface area contributed by atoms with E-state index in [1.165, 1.54) is 0 Å². The largest absolute Gasteiger partial charge is 0.331 e. The molecule has 0 saturated carbocycles. The predicted octanol–water partition coefficient (Wildman–Crippen LogP) is 3.28. The molecule has 0 fully saturated rings. The molecule has 0 aromatic heterocycles. The van der Waals surface area contributed by atoms with Gasteiger partial charge in [0.05, 0.1) is 0 Å². The molecule has 0 saturated heterocycles. The van der Waals surface area contributed by atoms with E-state index < -0.39 is 0 Å². The number of allylic oxidation sites excluding steroid dienone is 2. The van der Waals surface area contributed by atoms with E-state index in [2.05, 4.69) is 0 Å². The molecule has 0 spiro atoms. The van der Waals surface area contributed by atoms with E-state index in [9.17, 15) is 4.79 Å². The lowest BCUT2D eigenvalue weighted by molar-refractivity contribution is 0.0790. The van der Waals surface area contributed by atoms with Crippen molar-refractivity contribution in [2.75, 3.05) is 13.1 Å². The molecule has 2 nitrogen and oxygen atoms in total. The van der Waals surface area contributed by atoms with Crippen molar-refractivity contribution < 1.29 is 4.79 Å². The Labute approximate surface area is 103 Å². The summed E-state index contributed by atoms with van der Waals surface area (Å²) in [4.78, 5) is 14.0. The molecule has 2 heteroatoms. The third kappa shape index (κ3) is 4.27. The summed E-state index contributed by atoms with van der Waals surface area (Å²) in [7, 11) is 0. The topological polar surface area (TPSA) is 20.3 Å². The van der Waals surface area contributed by atoms with Gasteiger partial charge >= 0.3 is 0 Å². The Bertz CT molecular complexity index is 379. The molecule has 0 aliphatic carbocycles. The predicted molar refractivity (Wildman–Crippen MR) is 72.0 cm³/mol. The molecule has 0 N–H and O–H groups in total. The Hall–Kier alpha value is -1.83. The van der Waals surface area contributed by atoms with Gasteiger partial charge in [0.2, 0.25) is 0 Å². The zero-order chi connectivity index (χ0) is 12.5.